The summed E-state index contributed by atoms with van der Waals surface area (Å²) in [6.45, 7) is 0. The number of aromatic amines is 1. The van der Waals surface area contributed by atoms with E-state index in [1.807, 2.05) is 84.9 Å². The Balaban J connectivity index is 1.16. The van der Waals surface area contributed by atoms with Crippen LogP contribution in [-0.2, 0) is 9.59 Å². The fraction of sp³-hybridized carbons (Fsp3) is 0.0278. The van der Waals surface area contributed by atoms with Crippen LogP contribution in [0.5, 0.6) is 0 Å². The molecule has 5 aromatic carbocycles. The van der Waals surface area contributed by atoms with E-state index < -0.39 is 11.8 Å². The third kappa shape index (κ3) is 6.72. The molecule has 0 atom stereocenters. The monoisotopic (exact) mass is 596 g/mol. The third-order valence-electron chi connectivity index (χ3n) is 6.98. The summed E-state index contributed by atoms with van der Waals surface area (Å²) < 4.78 is 0. The van der Waals surface area contributed by atoms with Crippen LogP contribution >= 0.6 is 11.8 Å². The molecular weight excluding hydrogens is 568 g/mol. The number of hydrogen-bond acceptors (Lipinski definition) is 4. The molecule has 0 unspecified atom stereocenters. The number of aromatic nitrogens is 1. The number of fused-ring (bicyclic) bond motifs is 2. The summed E-state index contributed by atoms with van der Waals surface area (Å²) in [5.41, 5.74) is 3.51. The van der Waals surface area contributed by atoms with Crippen molar-refractivity contribution >= 4 is 68.6 Å². The van der Waals surface area contributed by atoms with Gasteiger partial charge in [-0.3, -0.25) is 14.4 Å². The second-order valence-corrected chi connectivity index (χ2v) is 11.1. The number of hydrogen-bond donors (Lipinski definition) is 4. The smallest absolute Gasteiger partial charge is 0.272 e. The van der Waals surface area contributed by atoms with Gasteiger partial charge < -0.3 is 20.9 Å². The van der Waals surface area contributed by atoms with Gasteiger partial charge in [-0.2, -0.15) is 0 Å². The van der Waals surface area contributed by atoms with Crippen molar-refractivity contribution in [2.45, 2.75) is 4.90 Å². The molecule has 0 aliphatic carbocycles. The van der Waals surface area contributed by atoms with Gasteiger partial charge >= 0.3 is 0 Å². The van der Waals surface area contributed by atoms with Gasteiger partial charge in [0, 0.05) is 49.9 Å². The van der Waals surface area contributed by atoms with E-state index in [9.17, 15) is 14.4 Å². The first kappa shape index (κ1) is 28.5. The van der Waals surface area contributed by atoms with E-state index in [4.69, 9.17) is 0 Å². The predicted molar refractivity (Wildman–Crippen MR) is 179 cm³/mol. The molecule has 7 nitrogen and oxygen atoms in total. The Morgan fingerprint density at radius 2 is 1.45 bits per heavy atom. The first-order chi connectivity index (χ1) is 21.5. The maximum Gasteiger partial charge on any atom is 0.272 e. The van der Waals surface area contributed by atoms with Crippen molar-refractivity contribution in [1.29, 1.82) is 0 Å². The SMILES string of the molecule is O=C(CSc1cccc(NC(=O)/C(=C/c2c[nH]c3ccccc23)NC(=O)c2ccccc2)c1)Nc1cccc2ccccc12. The van der Waals surface area contributed by atoms with Gasteiger partial charge in [-0.05, 0) is 53.9 Å². The molecule has 0 saturated carbocycles. The number of rotatable bonds is 9. The number of carbonyl (C=O) groups is 3. The van der Waals surface area contributed by atoms with Gasteiger partial charge in [-0.1, -0.05) is 78.9 Å². The number of amides is 3. The number of para-hydroxylation sites is 1. The van der Waals surface area contributed by atoms with Gasteiger partial charge in [0.25, 0.3) is 11.8 Å². The van der Waals surface area contributed by atoms with E-state index in [1.54, 1.807) is 48.7 Å². The Morgan fingerprint density at radius 3 is 2.32 bits per heavy atom. The molecule has 0 saturated heterocycles. The molecule has 216 valence electrons. The molecule has 6 aromatic rings. The Hall–Kier alpha value is -5.60. The summed E-state index contributed by atoms with van der Waals surface area (Å²) in [6.07, 6.45) is 3.46. The quantitative estimate of drug-likeness (QED) is 0.103. The largest absolute Gasteiger partial charge is 0.361 e. The maximum atomic E-state index is 13.6. The number of anilines is 2. The van der Waals surface area contributed by atoms with Crippen molar-refractivity contribution in [1.82, 2.24) is 10.3 Å². The Bertz CT molecular complexity index is 2010. The summed E-state index contributed by atoms with van der Waals surface area (Å²) in [4.78, 5) is 43.4. The van der Waals surface area contributed by atoms with Gasteiger partial charge in [0.15, 0.2) is 0 Å². The summed E-state index contributed by atoms with van der Waals surface area (Å²) >= 11 is 1.36. The molecule has 0 aliphatic heterocycles. The summed E-state index contributed by atoms with van der Waals surface area (Å²) in [5.74, 6) is -0.809. The highest BCUT2D eigenvalue weighted by Gasteiger charge is 2.16. The second-order valence-electron chi connectivity index (χ2n) is 10.0. The summed E-state index contributed by atoms with van der Waals surface area (Å²) in [6, 6.07) is 37.4. The topological polar surface area (TPSA) is 103 Å². The highest BCUT2D eigenvalue weighted by atomic mass is 32.2. The number of carbonyl (C=O) groups excluding carboxylic acids is 3. The molecule has 0 spiro atoms. The third-order valence-corrected chi connectivity index (χ3v) is 7.97. The van der Waals surface area contributed by atoms with Crippen LogP contribution in [-0.4, -0.2) is 28.5 Å². The molecule has 0 fully saturated rings. The number of benzene rings is 5. The molecule has 0 radical (unpaired) electrons. The van der Waals surface area contributed by atoms with E-state index in [2.05, 4.69) is 20.9 Å². The standard InChI is InChI=1S/C36H28N4O3S/c41-34(39-32-19-8-13-24-10-4-5-16-29(24)32)23-44-28-15-9-14-27(21-28)38-36(43)33(40-35(42)25-11-2-1-3-12-25)20-26-22-37-31-18-7-6-17-30(26)31/h1-22,37H,23H2,(H,38,43)(H,39,41)(H,40,42)/b33-20-. The van der Waals surface area contributed by atoms with Gasteiger partial charge in [0.1, 0.15) is 5.70 Å². The molecule has 4 N–H and O–H groups in total. The highest BCUT2D eigenvalue weighted by molar-refractivity contribution is 8.00. The first-order valence-corrected chi connectivity index (χ1v) is 15.0. The molecule has 6 rings (SSSR count). The van der Waals surface area contributed by atoms with Gasteiger partial charge in [-0.15, -0.1) is 11.8 Å². The average Bonchev–Trinajstić information content (AvgIpc) is 3.47. The van der Waals surface area contributed by atoms with E-state index in [1.165, 1.54) is 11.8 Å². The zero-order valence-electron chi connectivity index (χ0n) is 23.5. The fourth-order valence-corrected chi connectivity index (χ4v) is 5.60. The average molecular weight is 597 g/mol. The Kier molecular flexibility index (Phi) is 8.52. The minimum Gasteiger partial charge on any atom is -0.361 e. The molecule has 1 aromatic heterocycles. The lowest BCUT2D eigenvalue weighted by atomic mass is 10.1. The predicted octanol–water partition coefficient (Wildman–Crippen LogP) is 7.46. The fourth-order valence-electron chi connectivity index (χ4n) is 4.84. The zero-order valence-corrected chi connectivity index (χ0v) is 24.4. The number of nitrogens with one attached hydrogen (secondary N) is 4. The normalized spacial score (nSPS) is 11.3. The van der Waals surface area contributed by atoms with Crippen LogP contribution in [0.4, 0.5) is 11.4 Å². The van der Waals surface area contributed by atoms with Crippen LogP contribution < -0.4 is 16.0 Å². The van der Waals surface area contributed by atoms with E-state index >= 15 is 0 Å². The number of H-pyrrole nitrogens is 1. The van der Waals surface area contributed by atoms with Crippen molar-refractivity contribution in [3.63, 3.8) is 0 Å². The zero-order chi connectivity index (χ0) is 30.3. The molecule has 1 heterocycles. The van der Waals surface area contributed by atoms with E-state index in [-0.39, 0.29) is 17.4 Å². The van der Waals surface area contributed by atoms with Crippen LogP contribution in [0.25, 0.3) is 27.8 Å². The second kappa shape index (κ2) is 13.1. The van der Waals surface area contributed by atoms with Crippen molar-refractivity contribution in [2.24, 2.45) is 0 Å². The van der Waals surface area contributed by atoms with E-state index in [0.717, 1.165) is 37.8 Å². The lowest BCUT2D eigenvalue weighted by molar-refractivity contribution is -0.114. The molecule has 3 amide bonds. The van der Waals surface area contributed by atoms with E-state index in [0.29, 0.717) is 11.3 Å². The Labute approximate surface area is 258 Å². The van der Waals surface area contributed by atoms with Crippen molar-refractivity contribution in [3.05, 3.63) is 144 Å². The van der Waals surface area contributed by atoms with Gasteiger partial charge in [0.05, 0.1) is 5.75 Å². The molecule has 44 heavy (non-hydrogen) atoms. The van der Waals surface area contributed by atoms with Crippen LogP contribution in [0.15, 0.2) is 138 Å². The first-order valence-electron chi connectivity index (χ1n) is 14.0. The van der Waals surface area contributed by atoms with Crippen molar-refractivity contribution in [3.8, 4) is 0 Å². The lowest BCUT2D eigenvalue weighted by Crippen LogP contribution is -2.30. The summed E-state index contributed by atoms with van der Waals surface area (Å²) in [5, 5.41) is 11.6. The van der Waals surface area contributed by atoms with Crippen LogP contribution in [0, 0.1) is 0 Å². The van der Waals surface area contributed by atoms with Crippen LogP contribution in [0.2, 0.25) is 0 Å². The van der Waals surface area contributed by atoms with Crippen molar-refractivity contribution < 1.29 is 14.4 Å². The van der Waals surface area contributed by atoms with Gasteiger partial charge in [-0.25, -0.2) is 0 Å². The van der Waals surface area contributed by atoms with Crippen LogP contribution in [0.3, 0.4) is 0 Å². The maximum absolute atomic E-state index is 13.6. The van der Waals surface area contributed by atoms with Crippen molar-refractivity contribution in [2.75, 3.05) is 16.4 Å². The molecular formula is C36H28N4O3S. The molecule has 8 heteroatoms. The minimum absolute atomic E-state index is 0.0936. The number of thioether (sulfide) groups is 1. The van der Waals surface area contributed by atoms with Crippen LogP contribution in [0.1, 0.15) is 15.9 Å². The summed E-state index contributed by atoms with van der Waals surface area (Å²) in [7, 11) is 0. The molecule has 0 aliphatic rings. The van der Waals surface area contributed by atoms with Gasteiger partial charge in [0.2, 0.25) is 5.91 Å². The lowest BCUT2D eigenvalue weighted by Gasteiger charge is -2.12. The molecule has 0 bridgehead atoms. The highest BCUT2D eigenvalue weighted by Crippen LogP contribution is 2.26. The minimum atomic E-state index is -0.476. The Morgan fingerprint density at radius 1 is 0.727 bits per heavy atom.